The third kappa shape index (κ3) is 5.59. The normalized spacial score (nSPS) is 14.5. The summed E-state index contributed by atoms with van der Waals surface area (Å²) in [4.78, 5) is 26.0. The molecule has 0 bridgehead atoms. The van der Waals surface area contributed by atoms with Crippen LogP contribution in [0.2, 0.25) is 5.02 Å². The third-order valence-corrected chi connectivity index (χ3v) is 4.55. The molecule has 0 saturated carbocycles. The van der Waals surface area contributed by atoms with Crippen molar-refractivity contribution in [2.75, 3.05) is 25.4 Å². The number of hydrogen-bond donors (Lipinski definition) is 1. The number of nitrogens with one attached hydrogen (secondary N) is 1. The first kappa shape index (κ1) is 16.2. The molecule has 0 unspecified atom stereocenters. The van der Waals surface area contributed by atoms with E-state index in [4.69, 9.17) is 11.6 Å². The Labute approximate surface area is 134 Å². The zero-order chi connectivity index (χ0) is 15.1. The van der Waals surface area contributed by atoms with E-state index in [1.807, 2.05) is 29.2 Å². The average molecular weight is 327 g/mol. The van der Waals surface area contributed by atoms with Gasteiger partial charge in [-0.2, -0.15) is 0 Å². The van der Waals surface area contributed by atoms with Gasteiger partial charge in [0, 0.05) is 36.0 Å². The van der Waals surface area contributed by atoms with Gasteiger partial charge >= 0.3 is 0 Å². The summed E-state index contributed by atoms with van der Waals surface area (Å²) in [5.74, 6) is 0.645. The van der Waals surface area contributed by atoms with Gasteiger partial charge in [0.25, 0.3) is 0 Å². The molecule has 4 nitrogen and oxygen atoms in total. The van der Waals surface area contributed by atoms with Crippen molar-refractivity contribution < 1.29 is 9.59 Å². The first-order valence-corrected chi connectivity index (χ1v) is 8.44. The number of carbonyl (C=O) groups excluding carboxylic acids is 2. The minimum absolute atomic E-state index is 0.0164. The number of nitrogens with zero attached hydrogens (tertiary/aromatic N) is 1. The molecule has 1 aromatic carbocycles. The van der Waals surface area contributed by atoms with Crippen LogP contribution in [0.4, 0.5) is 0 Å². The van der Waals surface area contributed by atoms with Gasteiger partial charge in [0.05, 0.1) is 5.75 Å². The largest absolute Gasteiger partial charge is 0.355 e. The zero-order valence-corrected chi connectivity index (χ0v) is 13.4. The summed E-state index contributed by atoms with van der Waals surface area (Å²) in [5, 5.41) is 3.57. The second-order valence-corrected chi connectivity index (χ2v) is 6.42. The minimum atomic E-state index is 0.0164. The molecule has 1 heterocycles. The molecule has 114 valence electrons. The van der Waals surface area contributed by atoms with Crippen molar-refractivity contribution in [3.05, 3.63) is 29.3 Å². The van der Waals surface area contributed by atoms with Gasteiger partial charge in [-0.25, -0.2) is 0 Å². The Morgan fingerprint density at radius 3 is 2.76 bits per heavy atom. The Kier molecular flexibility index (Phi) is 6.39. The zero-order valence-electron chi connectivity index (χ0n) is 11.8. The summed E-state index contributed by atoms with van der Waals surface area (Å²) in [6, 6.07) is 7.43. The minimum Gasteiger partial charge on any atom is -0.355 e. The van der Waals surface area contributed by atoms with E-state index in [0.29, 0.717) is 23.7 Å². The highest BCUT2D eigenvalue weighted by molar-refractivity contribution is 8.00. The maximum Gasteiger partial charge on any atom is 0.230 e. The fourth-order valence-electron chi connectivity index (χ4n) is 2.17. The number of benzene rings is 1. The molecule has 1 aliphatic rings. The Morgan fingerprint density at radius 1 is 1.33 bits per heavy atom. The van der Waals surface area contributed by atoms with E-state index in [2.05, 4.69) is 5.32 Å². The van der Waals surface area contributed by atoms with Gasteiger partial charge < -0.3 is 10.2 Å². The lowest BCUT2D eigenvalue weighted by atomic mass is 10.4. The summed E-state index contributed by atoms with van der Waals surface area (Å²) in [5.41, 5.74) is 0. The van der Waals surface area contributed by atoms with Crippen molar-refractivity contribution >= 4 is 35.2 Å². The van der Waals surface area contributed by atoms with E-state index in [-0.39, 0.29) is 11.8 Å². The lowest BCUT2D eigenvalue weighted by Crippen LogP contribution is -2.31. The average Bonchev–Trinajstić information content (AvgIpc) is 2.88. The van der Waals surface area contributed by atoms with Gasteiger partial charge in [-0.3, -0.25) is 9.59 Å². The van der Waals surface area contributed by atoms with Crippen molar-refractivity contribution in [1.82, 2.24) is 10.2 Å². The predicted molar refractivity (Wildman–Crippen MR) is 85.6 cm³/mol. The maximum absolute atomic E-state index is 11.7. The number of hydrogen-bond acceptors (Lipinski definition) is 3. The standard InChI is InChI=1S/C15H19ClN2O2S/c16-12-4-6-13(7-5-12)21-11-14(19)17-8-2-10-18-9-1-3-15(18)20/h4-7H,1-3,8-11H2,(H,17,19). The van der Waals surface area contributed by atoms with E-state index in [1.54, 1.807) is 0 Å². The highest BCUT2D eigenvalue weighted by Crippen LogP contribution is 2.19. The number of carbonyl (C=O) groups is 2. The molecule has 1 saturated heterocycles. The van der Waals surface area contributed by atoms with Crippen molar-refractivity contribution in [1.29, 1.82) is 0 Å². The Hall–Kier alpha value is -1.20. The summed E-state index contributed by atoms with van der Waals surface area (Å²) in [7, 11) is 0. The number of thioether (sulfide) groups is 1. The van der Waals surface area contributed by atoms with Gasteiger partial charge in [0.2, 0.25) is 11.8 Å². The summed E-state index contributed by atoms with van der Waals surface area (Å²) in [6.07, 6.45) is 2.44. The van der Waals surface area contributed by atoms with Crippen LogP contribution in [0.1, 0.15) is 19.3 Å². The van der Waals surface area contributed by atoms with Crippen LogP contribution in [-0.2, 0) is 9.59 Å². The molecule has 1 N–H and O–H groups in total. The van der Waals surface area contributed by atoms with Gasteiger partial charge in [-0.05, 0) is 37.1 Å². The van der Waals surface area contributed by atoms with E-state index < -0.39 is 0 Å². The maximum atomic E-state index is 11.7. The molecule has 1 aliphatic heterocycles. The third-order valence-electron chi connectivity index (χ3n) is 3.28. The molecule has 0 spiro atoms. The van der Waals surface area contributed by atoms with Crippen LogP contribution in [0.25, 0.3) is 0 Å². The molecule has 0 atom stereocenters. The molecule has 1 fully saturated rings. The van der Waals surface area contributed by atoms with Crippen LogP contribution in [0.15, 0.2) is 29.2 Å². The fourth-order valence-corrected chi connectivity index (χ4v) is 3.02. The number of halogens is 1. The van der Waals surface area contributed by atoms with Crippen molar-refractivity contribution in [3.8, 4) is 0 Å². The first-order chi connectivity index (χ1) is 10.1. The van der Waals surface area contributed by atoms with E-state index in [9.17, 15) is 9.59 Å². The topological polar surface area (TPSA) is 49.4 Å². The van der Waals surface area contributed by atoms with E-state index in [1.165, 1.54) is 11.8 Å². The van der Waals surface area contributed by atoms with Gasteiger partial charge in [0.1, 0.15) is 0 Å². The predicted octanol–water partition coefficient (Wildman–Crippen LogP) is 2.56. The lowest BCUT2D eigenvalue weighted by Gasteiger charge is -2.15. The monoisotopic (exact) mass is 326 g/mol. The van der Waals surface area contributed by atoms with Crippen molar-refractivity contribution in [2.24, 2.45) is 0 Å². The highest BCUT2D eigenvalue weighted by atomic mass is 35.5. The van der Waals surface area contributed by atoms with E-state index in [0.717, 1.165) is 30.8 Å². The quantitative estimate of drug-likeness (QED) is 0.619. The lowest BCUT2D eigenvalue weighted by molar-refractivity contribution is -0.127. The van der Waals surface area contributed by atoms with Crippen LogP contribution in [0, 0.1) is 0 Å². The fraction of sp³-hybridized carbons (Fsp3) is 0.467. The molecule has 2 rings (SSSR count). The number of likely N-dealkylation sites (tertiary alicyclic amines) is 1. The summed E-state index contributed by atoms with van der Waals surface area (Å²) in [6.45, 7) is 2.21. The Balaban J connectivity index is 1.57. The van der Waals surface area contributed by atoms with Gasteiger partial charge in [0.15, 0.2) is 0 Å². The smallest absolute Gasteiger partial charge is 0.230 e. The summed E-state index contributed by atoms with van der Waals surface area (Å²) >= 11 is 7.29. The molecule has 21 heavy (non-hydrogen) atoms. The number of amides is 2. The second kappa shape index (κ2) is 8.29. The molecular formula is C15H19ClN2O2S. The van der Waals surface area contributed by atoms with E-state index >= 15 is 0 Å². The van der Waals surface area contributed by atoms with Crippen molar-refractivity contribution in [2.45, 2.75) is 24.2 Å². The SMILES string of the molecule is O=C(CSc1ccc(Cl)cc1)NCCCN1CCCC1=O. The molecule has 1 aromatic rings. The highest BCUT2D eigenvalue weighted by Gasteiger charge is 2.18. The van der Waals surface area contributed by atoms with Crippen LogP contribution in [-0.4, -0.2) is 42.1 Å². The first-order valence-electron chi connectivity index (χ1n) is 7.08. The van der Waals surface area contributed by atoms with Gasteiger partial charge in [-0.1, -0.05) is 11.6 Å². The second-order valence-electron chi connectivity index (χ2n) is 4.93. The molecule has 6 heteroatoms. The molecule has 0 aromatic heterocycles. The Morgan fingerprint density at radius 2 is 2.10 bits per heavy atom. The van der Waals surface area contributed by atoms with Crippen LogP contribution < -0.4 is 5.32 Å². The van der Waals surface area contributed by atoms with Crippen LogP contribution in [0.5, 0.6) is 0 Å². The van der Waals surface area contributed by atoms with Crippen molar-refractivity contribution in [3.63, 3.8) is 0 Å². The molecular weight excluding hydrogens is 308 g/mol. The molecule has 0 radical (unpaired) electrons. The molecule has 2 amide bonds. The summed E-state index contributed by atoms with van der Waals surface area (Å²) < 4.78 is 0. The van der Waals surface area contributed by atoms with Crippen LogP contribution >= 0.6 is 23.4 Å². The van der Waals surface area contributed by atoms with Crippen LogP contribution in [0.3, 0.4) is 0 Å². The Bertz CT molecular complexity index is 493. The molecule has 0 aliphatic carbocycles. The van der Waals surface area contributed by atoms with Gasteiger partial charge in [-0.15, -0.1) is 11.8 Å². The number of rotatable bonds is 7.